The van der Waals surface area contributed by atoms with Gasteiger partial charge in [-0.05, 0) is 43.9 Å². The molecule has 2 aliphatic rings. The molecule has 0 aliphatic heterocycles. The van der Waals surface area contributed by atoms with Crippen molar-refractivity contribution in [2.45, 2.75) is 32.1 Å². The van der Waals surface area contributed by atoms with E-state index in [9.17, 15) is 0 Å². The second-order valence-electron chi connectivity index (χ2n) is 3.45. The van der Waals surface area contributed by atoms with Gasteiger partial charge in [0.15, 0.2) is 0 Å². The van der Waals surface area contributed by atoms with E-state index >= 15 is 0 Å². The normalized spacial score (nSPS) is 40.9. The SMILES string of the molecule is [CH2]C1CCC12CCC2. The van der Waals surface area contributed by atoms with Crippen LogP contribution >= 0.6 is 0 Å². The third-order valence-corrected chi connectivity index (χ3v) is 3.21. The molecule has 0 aromatic carbocycles. The first-order valence-electron chi connectivity index (χ1n) is 3.67. The second kappa shape index (κ2) is 1.29. The molecule has 0 nitrogen and oxygen atoms in total. The van der Waals surface area contributed by atoms with Crippen LogP contribution in [0, 0.1) is 18.3 Å². The minimum absolute atomic E-state index is 0.792. The van der Waals surface area contributed by atoms with Gasteiger partial charge in [0, 0.05) is 0 Å². The van der Waals surface area contributed by atoms with E-state index in [4.69, 9.17) is 0 Å². The van der Waals surface area contributed by atoms with E-state index in [0.29, 0.717) is 0 Å². The monoisotopic (exact) mass is 109 g/mol. The molecule has 0 heteroatoms. The van der Waals surface area contributed by atoms with Gasteiger partial charge in [-0.25, -0.2) is 0 Å². The predicted octanol–water partition coefficient (Wildman–Crippen LogP) is 2.40. The Hall–Kier alpha value is 0. The molecule has 0 heterocycles. The maximum Gasteiger partial charge on any atom is -0.0269 e. The van der Waals surface area contributed by atoms with Crippen molar-refractivity contribution >= 4 is 0 Å². The van der Waals surface area contributed by atoms with Crippen LogP contribution in [0.4, 0.5) is 0 Å². The third kappa shape index (κ3) is 0.375. The average molecular weight is 109 g/mol. The molecule has 0 amide bonds. The summed E-state index contributed by atoms with van der Waals surface area (Å²) in [5, 5.41) is 0. The Kier molecular flexibility index (Phi) is 0.778. The first-order chi connectivity index (χ1) is 3.83. The van der Waals surface area contributed by atoms with Crippen molar-refractivity contribution in [1.82, 2.24) is 0 Å². The summed E-state index contributed by atoms with van der Waals surface area (Å²) in [6.45, 7) is 4.12. The summed E-state index contributed by atoms with van der Waals surface area (Å²) in [4.78, 5) is 0. The highest BCUT2D eigenvalue weighted by molar-refractivity contribution is 5.01. The summed E-state index contributed by atoms with van der Waals surface area (Å²) in [7, 11) is 0. The van der Waals surface area contributed by atoms with E-state index < -0.39 is 0 Å². The highest BCUT2D eigenvalue weighted by Gasteiger charge is 2.47. The van der Waals surface area contributed by atoms with Crippen molar-refractivity contribution in [2.24, 2.45) is 11.3 Å². The first-order valence-corrected chi connectivity index (χ1v) is 3.67. The zero-order chi connectivity index (χ0) is 5.61. The van der Waals surface area contributed by atoms with E-state index in [2.05, 4.69) is 6.92 Å². The van der Waals surface area contributed by atoms with Crippen molar-refractivity contribution in [3.63, 3.8) is 0 Å². The molecule has 2 aliphatic carbocycles. The minimum atomic E-state index is 0.792. The quantitative estimate of drug-likeness (QED) is 0.448. The van der Waals surface area contributed by atoms with Crippen LogP contribution in [-0.2, 0) is 0 Å². The molecule has 1 unspecified atom stereocenters. The van der Waals surface area contributed by atoms with Crippen LogP contribution in [0.1, 0.15) is 32.1 Å². The van der Waals surface area contributed by atoms with E-state index in [1.807, 2.05) is 0 Å². The Morgan fingerprint density at radius 3 is 2.00 bits per heavy atom. The van der Waals surface area contributed by atoms with E-state index in [1.54, 1.807) is 0 Å². The molecule has 1 atom stereocenters. The fraction of sp³-hybridized carbons (Fsp3) is 0.875. The molecule has 0 bridgehead atoms. The zero-order valence-corrected chi connectivity index (χ0v) is 5.32. The lowest BCUT2D eigenvalue weighted by molar-refractivity contribution is -0.0226. The predicted molar refractivity (Wildman–Crippen MR) is 34.4 cm³/mol. The fourth-order valence-corrected chi connectivity index (χ4v) is 2.05. The molecule has 1 radical (unpaired) electrons. The van der Waals surface area contributed by atoms with Crippen molar-refractivity contribution < 1.29 is 0 Å². The lowest BCUT2D eigenvalue weighted by Gasteiger charge is -2.55. The van der Waals surface area contributed by atoms with Gasteiger partial charge in [0.1, 0.15) is 0 Å². The first kappa shape index (κ1) is 4.84. The largest absolute Gasteiger partial charge is 0.0522 e. The summed E-state index contributed by atoms with van der Waals surface area (Å²) >= 11 is 0. The Morgan fingerprint density at radius 1 is 1.25 bits per heavy atom. The summed E-state index contributed by atoms with van der Waals surface area (Å²) in [5.74, 6) is 0.830. The van der Waals surface area contributed by atoms with Gasteiger partial charge in [0.25, 0.3) is 0 Å². The number of rotatable bonds is 0. The lowest BCUT2D eigenvalue weighted by atomic mass is 9.50. The highest BCUT2D eigenvalue weighted by atomic mass is 14.5. The zero-order valence-electron chi connectivity index (χ0n) is 5.32. The molecule has 1 spiro atoms. The Labute approximate surface area is 51.3 Å². The standard InChI is InChI=1S/C8H13/c1-7-3-6-8(7)4-2-5-8/h7H,1-6H2. The molecule has 0 N–H and O–H groups in total. The van der Waals surface area contributed by atoms with Crippen LogP contribution in [0.15, 0.2) is 0 Å². The van der Waals surface area contributed by atoms with E-state index in [0.717, 1.165) is 11.3 Å². The van der Waals surface area contributed by atoms with Gasteiger partial charge in [-0.1, -0.05) is 6.42 Å². The van der Waals surface area contributed by atoms with Crippen molar-refractivity contribution in [3.05, 3.63) is 6.92 Å². The van der Waals surface area contributed by atoms with Crippen LogP contribution in [0.25, 0.3) is 0 Å². The topological polar surface area (TPSA) is 0 Å². The van der Waals surface area contributed by atoms with E-state index in [1.165, 1.54) is 32.1 Å². The molecular weight excluding hydrogens is 96.1 g/mol. The van der Waals surface area contributed by atoms with Crippen molar-refractivity contribution in [1.29, 1.82) is 0 Å². The van der Waals surface area contributed by atoms with Gasteiger partial charge in [-0.2, -0.15) is 0 Å². The maximum absolute atomic E-state index is 4.12. The van der Waals surface area contributed by atoms with Gasteiger partial charge in [0.2, 0.25) is 0 Å². The van der Waals surface area contributed by atoms with Crippen molar-refractivity contribution in [2.75, 3.05) is 0 Å². The average Bonchev–Trinajstić information content (AvgIpc) is 1.58. The summed E-state index contributed by atoms with van der Waals surface area (Å²) < 4.78 is 0. The molecule has 45 valence electrons. The van der Waals surface area contributed by atoms with Crippen molar-refractivity contribution in [3.8, 4) is 0 Å². The second-order valence-corrected chi connectivity index (χ2v) is 3.45. The molecule has 2 saturated carbocycles. The summed E-state index contributed by atoms with van der Waals surface area (Å²) in [6, 6.07) is 0. The Bertz CT molecular complexity index is 95.1. The van der Waals surface area contributed by atoms with Crippen LogP contribution in [0.5, 0.6) is 0 Å². The fourth-order valence-electron chi connectivity index (χ4n) is 2.05. The van der Waals surface area contributed by atoms with Gasteiger partial charge in [-0.15, -0.1) is 0 Å². The molecular formula is C8H13. The Balaban J connectivity index is 2.03. The smallest absolute Gasteiger partial charge is 0.0269 e. The highest BCUT2D eigenvalue weighted by Crippen LogP contribution is 2.59. The van der Waals surface area contributed by atoms with Crippen LogP contribution in [-0.4, -0.2) is 0 Å². The van der Waals surface area contributed by atoms with Crippen LogP contribution in [0.2, 0.25) is 0 Å². The molecule has 2 rings (SSSR count). The number of hydrogen-bond acceptors (Lipinski definition) is 0. The third-order valence-electron chi connectivity index (χ3n) is 3.21. The lowest BCUT2D eigenvalue weighted by Crippen LogP contribution is -2.44. The maximum atomic E-state index is 4.12. The minimum Gasteiger partial charge on any atom is -0.0522 e. The van der Waals surface area contributed by atoms with Gasteiger partial charge >= 0.3 is 0 Å². The molecule has 2 fully saturated rings. The molecule has 0 aromatic heterocycles. The van der Waals surface area contributed by atoms with Crippen LogP contribution < -0.4 is 0 Å². The molecule has 8 heavy (non-hydrogen) atoms. The van der Waals surface area contributed by atoms with Crippen LogP contribution in [0.3, 0.4) is 0 Å². The Morgan fingerprint density at radius 2 is 2.00 bits per heavy atom. The van der Waals surface area contributed by atoms with Gasteiger partial charge in [-0.3, -0.25) is 0 Å². The molecule has 0 saturated heterocycles. The van der Waals surface area contributed by atoms with E-state index in [-0.39, 0.29) is 0 Å². The van der Waals surface area contributed by atoms with Gasteiger partial charge < -0.3 is 0 Å². The summed E-state index contributed by atoms with van der Waals surface area (Å²) in [5.41, 5.74) is 0.792. The molecule has 0 aromatic rings. The van der Waals surface area contributed by atoms with Gasteiger partial charge in [0.05, 0.1) is 0 Å². The number of hydrogen-bond donors (Lipinski definition) is 0. The summed E-state index contributed by atoms with van der Waals surface area (Å²) in [6.07, 6.45) is 7.34.